The molecule has 34 heavy (non-hydrogen) atoms. The highest BCUT2D eigenvalue weighted by Gasteiger charge is 2.30. The van der Waals surface area contributed by atoms with E-state index in [-0.39, 0.29) is 12.4 Å². The topological polar surface area (TPSA) is 21.7 Å². The van der Waals surface area contributed by atoms with Crippen LogP contribution >= 0.6 is 12.4 Å². The normalized spacial score (nSPS) is 18.6. The summed E-state index contributed by atoms with van der Waals surface area (Å²) >= 11 is 0. The predicted octanol–water partition coefficient (Wildman–Crippen LogP) is 6.84. The number of halogens is 1. The summed E-state index contributed by atoms with van der Waals surface area (Å²) in [6.07, 6.45) is 6.29. The number of fused-ring (bicyclic) bond motifs is 1. The molecule has 0 radical (unpaired) electrons. The van der Waals surface area contributed by atoms with Crippen LogP contribution in [0.5, 0.6) is 11.5 Å². The molecule has 5 rings (SSSR count). The van der Waals surface area contributed by atoms with E-state index < -0.39 is 0 Å². The third-order valence-corrected chi connectivity index (χ3v) is 7.41. The number of nitrogens with zero attached hydrogens (tertiary/aromatic N) is 1. The molecule has 4 heteroatoms. The van der Waals surface area contributed by atoms with Gasteiger partial charge in [-0.25, -0.2) is 0 Å². The van der Waals surface area contributed by atoms with Crippen molar-refractivity contribution in [1.82, 2.24) is 4.90 Å². The Morgan fingerprint density at radius 2 is 1.47 bits per heavy atom. The highest BCUT2D eigenvalue weighted by atomic mass is 35.5. The Kier molecular flexibility index (Phi) is 8.53. The molecule has 3 aromatic rings. The molecule has 2 unspecified atom stereocenters. The number of hydrogen-bond acceptors (Lipinski definition) is 3. The van der Waals surface area contributed by atoms with E-state index in [1.807, 2.05) is 0 Å². The zero-order valence-electron chi connectivity index (χ0n) is 20.1. The molecule has 2 atom stereocenters. The lowest BCUT2D eigenvalue weighted by Gasteiger charge is -2.33. The SMILES string of the molecule is COc1ccc(C(c2ccc(OCCN3CCCC3)cc2)C2CCCc3ccccc32)cc1.Cl. The number of aryl methyl sites for hydroxylation is 1. The van der Waals surface area contributed by atoms with Gasteiger partial charge in [-0.05, 0) is 97.6 Å². The molecule has 0 N–H and O–H groups in total. The highest BCUT2D eigenvalue weighted by molar-refractivity contribution is 5.85. The highest BCUT2D eigenvalue weighted by Crippen LogP contribution is 2.45. The first-order valence-electron chi connectivity index (χ1n) is 12.5. The fraction of sp³-hybridized carbons (Fsp3) is 0.400. The van der Waals surface area contributed by atoms with Gasteiger partial charge in [0, 0.05) is 12.5 Å². The summed E-state index contributed by atoms with van der Waals surface area (Å²) in [6, 6.07) is 26.5. The molecular weight excluding hydrogens is 442 g/mol. The van der Waals surface area contributed by atoms with Gasteiger partial charge in [-0.2, -0.15) is 0 Å². The van der Waals surface area contributed by atoms with Gasteiger partial charge in [0.2, 0.25) is 0 Å². The van der Waals surface area contributed by atoms with Crippen molar-refractivity contribution >= 4 is 12.4 Å². The van der Waals surface area contributed by atoms with Gasteiger partial charge in [-0.1, -0.05) is 48.5 Å². The van der Waals surface area contributed by atoms with Crippen LogP contribution in [-0.2, 0) is 6.42 Å². The second-order valence-electron chi connectivity index (χ2n) is 9.41. The van der Waals surface area contributed by atoms with E-state index in [2.05, 4.69) is 77.7 Å². The van der Waals surface area contributed by atoms with Crippen molar-refractivity contribution in [2.75, 3.05) is 33.4 Å². The number of benzene rings is 3. The first-order chi connectivity index (χ1) is 16.3. The number of ether oxygens (including phenoxy) is 2. The minimum atomic E-state index is 0. The van der Waals surface area contributed by atoms with Gasteiger partial charge < -0.3 is 9.47 Å². The van der Waals surface area contributed by atoms with Crippen molar-refractivity contribution in [3.8, 4) is 11.5 Å². The number of likely N-dealkylation sites (tertiary alicyclic amines) is 1. The van der Waals surface area contributed by atoms with Crippen molar-refractivity contribution in [2.24, 2.45) is 0 Å². The first-order valence-corrected chi connectivity index (χ1v) is 12.5. The maximum atomic E-state index is 6.08. The zero-order valence-corrected chi connectivity index (χ0v) is 20.9. The van der Waals surface area contributed by atoms with Gasteiger partial charge in [0.05, 0.1) is 7.11 Å². The van der Waals surface area contributed by atoms with Gasteiger partial charge >= 0.3 is 0 Å². The van der Waals surface area contributed by atoms with Crippen LogP contribution in [0.1, 0.15) is 59.8 Å². The maximum Gasteiger partial charge on any atom is 0.119 e. The van der Waals surface area contributed by atoms with Crippen LogP contribution < -0.4 is 9.47 Å². The van der Waals surface area contributed by atoms with Crippen LogP contribution in [-0.4, -0.2) is 38.3 Å². The van der Waals surface area contributed by atoms with Gasteiger partial charge in [0.15, 0.2) is 0 Å². The van der Waals surface area contributed by atoms with Crippen LogP contribution in [0.25, 0.3) is 0 Å². The fourth-order valence-electron chi connectivity index (χ4n) is 5.68. The summed E-state index contributed by atoms with van der Waals surface area (Å²) in [5, 5.41) is 0. The summed E-state index contributed by atoms with van der Waals surface area (Å²) < 4.78 is 11.5. The average molecular weight is 478 g/mol. The monoisotopic (exact) mass is 477 g/mol. The molecule has 1 heterocycles. The lowest BCUT2D eigenvalue weighted by molar-refractivity contribution is 0.237. The van der Waals surface area contributed by atoms with Crippen molar-refractivity contribution in [2.45, 2.75) is 43.9 Å². The molecule has 180 valence electrons. The second-order valence-corrected chi connectivity index (χ2v) is 9.41. The van der Waals surface area contributed by atoms with Crippen LogP contribution in [0.3, 0.4) is 0 Å². The molecule has 0 spiro atoms. The Bertz CT molecular complexity index is 1030. The van der Waals surface area contributed by atoms with Crippen molar-refractivity contribution in [3.05, 3.63) is 95.1 Å². The molecule has 1 aliphatic carbocycles. The minimum Gasteiger partial charge on any atom is -0.497 e. The molecular formula is C30H36ClNO2. The van der Waals surface area contributed by atoms with E-state index >= 15 is 0 Å². The molecule has 0 saturated carbocycles. The molecule has 0 bridgehead atoms. The summed E-state index contributed by atoms with van der Waals surface area (Å²) in [6.45, 7) is 4.22. The van der Waals surface area contributed by atoms with Crippen LogP contribution in [0.4, 0.5) is 0 Å². The Hall–Kier alpha value is -2.49. The molecule has 1 fully saturated rings. The lowest BCUT2D eigenvalue weighted by atomic mass is 9.71. The molecule has 1 aliphatic heterocycles. The lowest BCUT2D eigenvalue weighted by Crippen LogP contribution is -2.25. The van der Waals surface area contributed by atoms with E-state index in [9.17, 15) is 0 Å². The van der Waals surface area contributed by atoms with Gasteiger partial charge in [-0.15, -0.1) is 12.4 Å². The van der Waals surface area contributed by atoms with Crippen LogP contribution in [0.2, 0.25) is 0 Å². The van der Waals surface area contributed by atoms with Crippen molar-refractivity contribution < 1.29 is 9.47 Å². The summed E-state index contributed by atoms with van der Waals surface area (Å²) in [5.41, 5.74) is 5.72. The second kappa shape index (κ2) is 11.8. The summed E-state index contributed by atoms with van der Waals surface area (Å²) in [7, 11) is 1.73. The number of methoxy groups -OCH3 is 1. The van der Waals surface area contributed by atoms with Gasteiger partial charge in [0.25, 0.3) is 0 Å². The Morgan fingerprint density at radius 1 is 0.824 bits per heavy atom. The fourth-order valence-corrected chi connectivity index (χ4v) is 5.68. The Morgan fingerprint density at radius 3 is 2.15 bits per heavy atom. The quantitative estimate of drug-likeness (QED) is 0.354. The largest absolute Gasteiger partial charge is 0.497 e. The maximum absolute atomic E-state index is 6.08. The van der Waals surface area contributed by atoms with E-state index in [0.717, 1.165) is 24.7 Å². The first kappa shape index (κ1) is 24.6. The van der Waals surface area contributed by atoms with Crippen molar-refractivity contribution in [1.29, 1.82) is 0 Å². The standard InChI is InChI=1S/C30H35NO2.ClH/c1-32-26-15-11-24(12-16-26)30(29-10-6-8-23-7-2-3-9-28(23)29)25-13-17-27(18-14-25)33-22-21-31-19-4-5-20-31;/h2-3,7,9,11-18,29-30H,4-6,8,10,19-22H2,1H3;1H. The van der Waals surface area contributed by atoms with Crippen LogP contribution in [0, 0.1) is 0 Å². The van der Waals surface area contributed by atoms with Crippen molar-refractivity contribution in [3.63, 3.8) is 0 Å². The molecule has 1 saturated heterocycles. The third kappa shape index (κ3) is 5.59. The van der Waals surface area contributed by atoms with Gasteiger partial charge in [0.1, 0.15) is 18.1 Å². The molecule has 0 aromatic heterocycles. The molecule has 3 aromatic carbocycles. The third-order valence-electron chi connectivity index (χ3n) is 7.41. The molecule has 2 aliphatic rings. The summed E-state index contributed by atoms with van der Waals surface area (Å²) in [5.74, 6) is 2.67. The van der Waals surface area contributed by atoms with E-state index in [4.69, 9.17) is 9.47 Å². The van der Waals surface area contributed by atoms with Crippen LogP contribution in [0.15, 0.2) is 72.8 Å². The smallest absolute Gasteiger partial charge is 0.119 e. The van der Waals surface area contributed by atoms with E-state index in [1.165, 1.54) is 67.4 Å². The van der Waals surface area contributed by atoms with E-state index in [1.54, 1.807) is 7.11 Å². The van der Waals surface area contributed by atoms with E-state index in [0.29, 0.717) is 11.8 Å². The minimum absolute atomic E-state index is 0. The summed E-state index contributed by atoms with van der Waals surface area (Å²) in [4.78, 5) is 2.49. The number of rotatable bonds is 8. The molecule has 0 amide bonds. The Labute approximate surface area is 210 Å². The average Bonchev–Trinajstić information content (AvgIpc) is 3.39. The Balaban J connectivity index is 0.00000274. The molecule has 3 nitrogen and oxygen atoms in total. The van der Waals surface area contributed by atoms with Gasteiger partial charge in [-0.3, -0.25) is 4.90 Å². The zero-order chi connectivity index (χ0) is 22.5. The number of hydrogen-bond donors (Lipinski definition) is 0. The predicted molar refractivity (Wildman–Crippen MR) is 142 cm³/mol.